The summed E-state index contributed by atoms with van der Waals surface area (Å²) in [6.07, 6.45) is 27.4. The molecule has 0 aromatic heterocycles. The Labute approximate surface area is 214 Å². The van der Waals surface area contributed by atoms with E-state index in [4.69, 9.17) is 5.10 Å². The van der Waals surface area contributed by atoms with Crippen LogP contribution in [0.5, 0.6) is 0 Å². The maximum atomic E-state index is 14.0. The second kappa shape index (κ2) is 14.0. The Morgan fingerprint density at radius 1 is 0.629 bits per heavy atom. The normalized spacial score (nSPS) is 23.6. The average molecular weight is 480 g/mol. The van der Waals surface area contributed by atoms with Crippen molar-refractivity contribution in [3.05, 3.63) is 29.8 Å². The summed E-state index contributed by atoms with van der Waals surface area (Å²) in [7, 11) is 0. The van der Waals surface area contributed by atoms with Crippen LogP contribution in [0.2, 0.25) is 0 Å². The van der Waals surface area contributed by atoms with Gasteiger partial charge < -0.3 is 5.32 Å². The first-order chi connectivity index (χ1) is 17.3. The van der Waals surface area contributed by atoms with Crippen molar-refractivity contribution >= 4 is 17.3 Å². The summed E-state index contributed by atoms with van der Waals surface area (Å²) < 4.78 is 0. The number of anilines is 1. The zero-order chi connectivity index (χ0) is 24.2. The minimum Gasteiger partial charge on any atom is -0.360 e. The first kappa shape index (κ1) is 26.2. The van der Waals surface area contributed by atoms with E-state index >= 15 is 0 Å². The Morgan fingerprint density at radius 2 is 1.09 bits per heavy atom. The van der Waals surface area contributed by atoms with Crippen LogP contribution in [0.4, 0.5) is 5.69 Å². The van der Waals surface area contributed by atoms with Gasteiger partial charge >= 0.3 is 0 Å². The number of fused-ring (bicyclic) bond motifs is 1. The number of nitrogens with zero attached hydrogens (tertiary/aromatic N) is 2. The van der Waals surface area contributed by atoms with Gasteiger partial charge in [0.1, 0.15) is 5.66 Å². The lowest BCUT2D eigenvalue weighted by atomic mass is 9.89. The van der Waals surface area contributed by atoms with Gasteiger partial charge in [0.2, 0.25) is 0 Å². The summed E-state index contributed by atoms with van der Waals surface area (Å²) in [6.45, 7) is 0. The second-order valence-corrected chi connectivity index (χ2v) is 11.3. The number of amides is 1. The highest BCUT2D eigenvalue weighted by molar-refractivity contribution is 6.02. The van der Waals surface area contributed by atoms with E-state index in [0.29, 0.717) is 0 Å². The van der Waals surface area contributed by atoms with Crippen molar-refractivity contribution in [1.29, 1.82) is 0 Å². The molecule has 1 N–H and O–H groups in total. The lowest BCUT2D eigenvalue weighted by molar-refractivity contribution is 0.0449. The highest BCUT2D eigenvalue weighted by Gasteiger charge is 2.44. The molecule has 2 aliphatic carbocycles. The Morgan fingerprint density at radius 3 is 1.63 bits per heavy atom. The largest absolute Gasteiger partial charge is 0.360 e. The van der Waals surface area contributed by atoms with Gasteiger partial charge in [-0.3, -0.25) is 4.79 Å². The van der Waals surface area contributed by atoms with Gasteiger partial charge in [0, 0.05) is 11.4 Å². The number of hydrogen-bond donors (Lipinski definition) is 1. The van der Waals surface area contributed by atoms with Crippen LogP contribution in [0.25, 0.3) is 0 Å². The molecule has 2 saturated carbocycles. The number of carbonyl (C=O) groups is 1. The van der Waals surface area contributed by atoms with E-state index in [1.807, 2.05) is 17.1 Å². The van der Waals surface area contributed by atoms with Gasteiger partial charge in [-0.2, -0.15) is 5.10 Å². The summed E-state index contributed by atoms with van der Waals surface area (Å²) >= 11 is 0. The van der Waals surface area contributed by atoms with Crippen LogP contribution < -0.4 is 5.32 Å². The van der Waals surface area contributed by atoms with Gasteiger partial charge in [-0.05, 0) is 63.5 Å². The van der Waals surface area contributed by atoms with Crippen molar-refractivity contribution in [2.75, 3.05) is 5.32 Å². The molecule has 1 aromatic carbocycles. The first-order valence-corrected chi connectivity index (χ1v) is 15.1. The van der Waals surface area contributed by atoms with Crippen LogP contribution in [-0.4, -0.2) is 22.3 Å². The molecule has 4 heteroatoms. The monoisotopic (exact) mass is 479 g/mol. The van der Waals surface area contributed by atoms with E-state index in [-0.39, 0.29) is 11.6 Å². The number of rotatable bonds is 1. The van der Waals surface area contributed by atoms with Gasteiger partial charge in [0.05, 0.1) is 5.56 Å². The summed E-state index contributed by atoms with van der Waals surface area (Å²) in [5, 5.41) is 11.1. The fraction of sp³-hybridized carbons (Fsp3) is 0.742. The van der Waals surface area contributed by atoms with Gasteiger partial charge in [0.15, 0.2) is 0 Å². The molecule has 0 bridgehead atoms. The molecule has 2 fully saturated rings. The molecule has 4 nitrogen and oxygen atoms in total. The minimum absolute atomic E-state index is 0.102. The van der Waals surface area contributed by atoms with Gasteiger partial charge in [-0.15, -0.1) is 0 Å². The van der Waals surface area contributed by atoms with Crippen LogP contribution in [0.15, 0.2) is 29.4 Å². The minimum atomic E-state index is -0.388. The summed E-state index contributed by atoms with van der Waals surface area (Å²) in [6, 6.07) is 8.10. The molecule has 0 atom stereocenters. The van der Waals surface area contributed by atoms with Crippen molar-refractivity contribution in [1.82, 2.24) is 5.01 Å². The third kappa shape index (κ3) is 7.57. The Hall–Kier alpha value is -1.84. The predicted octanol–water partition coefficient (Wildman–Crippen LogP) is 9.22. The topological polar surface area (TPSA) is 44.7 Å². The molecule has 0 saturated heterocycles. The van der Waals surface area contributed by atoms with Crippen molar-refractivity contribution in [3.8, 4) is 0 Å². The average Bonchev–Trinajstić information content (AvgIpc) is 2.85. The molecule has 1 amide bonds. The van der Waals surface area contributed by atoms with Crippen molar-refractivity contribution in [2.45, 2.75) is 147 Å². The smallest absolute Gasteiger partial charge is 0.278 e. The van der Waals surface area contributed by atoms with E-state index in [0.717, 1.165) is 49.8 Å². The third-order valence-corrected chi connectivity index (χ3v) is 8.48. The van der Waals surface area contributed by atoms with Crippen LogP contribution in [0.3, 0.4) is 0 Å². The fourth-order valence-electron chi connectivity index (χ4n) is 6.33. The van der Waals surface area contributed by atoms with E-state index in [1.54, 1.807) is 0 Å². The lowest BCUT2D eigenvalue weighted by Gasteiger charge is -2.46. The molecule has 0 radical (unpaired) electrons. The first-order valence-electron chi connectivity index (χ1n) is 15.1. The zero-order valence-corrected chi connectivity index (χ0v) is 22.2. The number of carbonyl (C=O) groups excluding carboxylic acids is 1. The van der Waals surface area contributed by atoms with Gasteiger partial charge in [-0.1, -0.05) is 102 Å². The Balaban J connectivity index is 1.62. The fourth-order valence-corrected chi connectivity index (χ4v) is 6.33. The second-order valence-electron chi connectivity index (χ2n) is 11.3. The Bertz CT molecular complexity index is 791. The molecule has 1 spiro atoms. The maximum Gasteiger partial charge on any atom is 0.278 e. The van der Waals surface area contributed by atoms with Crippen LogP contribution in [-0.2, 0) is 0 Å². The number of hydrazone groups is 1. The quantitative estimate of drug-likeness (QED) is 0.436. The number of benzene rings is 1. The summed E-state index contributed by atoms with van der Waals surface area (Å²) in [5.74, 6) is 0.102. The van der Waals surface area contributed by atoms with Gasteiger partial charge in [-0.25, -0.2) is 5.01 Å². The Kier molecular flexibility index (Phi) is 10.5. The molecule has 1 aliphatic heterocycles. The van der Waals surface area contributed by atoms with Crippen LogP contribution in [0.1, 0.15) is 152 Å². The summed E-state index contributed by atoms with van der Waals surface area (Å²) in [5.41, 5.74) is 2.65. The van der Waals surface area contributed by atoms with E-state index in [1.165, 1.54) is 108 Å². The highest BCUT2D eigenvalue weighted by Crippen LogP contribution is 2.39. The SMILES string of the molecule is O=C1c2ccccc2NC2(CCCCCCCCCCC2)N1N=C1CCCCCCCCCCC1. The van der Waals surface area contributed by atoms with E-state index in [9.17, 15) is 4.79 Å². The zero-order valence-electron chi connectivity index (χ0n) is 22.2. The number of nitrogens with one attached hydrogen (secondary N) is 1. The van der Waals surface area contributed by atoms with Crippen molar-refractivity contribution < 1.29 is 4.79 Å². The molecule has 3 aliphatic rings. The molecular weight excluding hydrogens is 430 g/mol. The molecular formula is C31H49N3O. The molecule has 1 heterocycles. The van der Waals surface area contributed by atoms with Crippen LogP contribution >= 0.6 is 0 Å². The number of para-hydroxylation sites is 1. The van der Waals surface area contributed by atoms with Crippen molar-refractivity contribution in [2.24, 2.45) is 5.10 Å². The standard InChI is InChI=1S/C31H49N3O/c35-30-28-23-17-18-24-29(28)32-31(25-19-13-9-5-2-6-10-14-20-26-31)34(30)33-27-21-15-11-7-3-1-4-8-12-16-22-27/h17-18,23-24,32H,1-16,19-22,25-26H2. The van der Waals surface area contributed by atoms with Gasteiger partial charge in [0.25, 0.3) is 5.91 Å². The summed E-state index contributed by atoms with van der Waals surface area (Å²) in [4.78, 5) is 14.0. The van der Waals surface area contributed by atoms with Crippen molar-refractivity contribution in [3.63, 3.8) is 0 Å². The molecule has 1 aromatic rings. The number of hydrogen-bond acceptors (Lipinski definition) is 3. The molecule has 35 heavy (non-hydrogen) atoms. The third-order valence-electron chi connectivity index (χ3n) is 8.48. The highest BCUT2D eigenvalue weighted by atomic mass is 16.2. The predicted molar refractivity (Wildman–Crippen MR) is 148 cm³/mol. The van der Waals surface area contributed by atoms with E-state index < -0.39 is 0 Å². The molecule has 0 unspecified atom stereocenters. The van der Waals surface area contributed by atoms with E-state index in [2.05, 4.69) is 17.4 Å². The van der Waals surface area contributed by atoms with Crippen LogP contribution in [0, 0.1) is 0 Å². The molecule has 194 valence electrons. The maximum absolute atomic E-state index is 14.0. The molecule has 4 rings (SSSR count). The lowest BCUT2D eigenvalue weighted by Crippen LogP contribution is -2.58.